The zero-order valence-electron chi connectivity index (χ0n) is 21.3. The Kier molecular flexibility index (Phi) is 7.67. The van der Waals surface area contributed by atoms with E-state index in [4.69, 9.17) is 38.6 Å². The van der Waals surface area contributed by atoms with E-state index in [0.717, 1.165) is 70.9 Å². The van der Waals surface area contributed by atoms with Crippen molar-refractivity contribution >= 4 is 57.8 Å². The summed E-state index contributed by atoms with van der Waals surface area (Å²) in [6.07, 6.45) is 6.03. The monoisotopic (exact) mass is 546 g/mol. The summed E-state index contributed by atoms with van der Waals surface area (Å²) >= 11 is 11.2. The lowest BCUT2D eigenvalue weighted by molar-refractivity contribution is 0.0594. The normalized spacial score (nSPS) is 15.2. The third kappa shape index (κ3) is 6.00. The van der Waals surface area contributed by atoms with Crippen LogP contribution in [0.2, 0.25) is 0 Å². The number of ether oxygens (including phenoxy) is 3. The van der Waals surface area contributed by atoms with Crippen LogP contribution >= 0.6 is 24.4 Å². The molecule has 3 aromatic carbocycles. The molecule has 0 atom stereocenters. The Bertz CT molecular complexity index is 1350. The Hall–Kier alpha value is -3.82. The van der Waals surface area contributed by atoms with Crippen molar-refractivity contribution in [2.24, 2.45) is 0 Å². The molecule has 0 aromatic heterocycles. The van der Waals surface area contributed by atoms with Gasteiger partial charge in [-0.1, -0.05) is 12.1 Å². The van der Waals surface area contributed by atoms with Gasteiger partial charge in [0.25, 0.3) is 0 Å². The zero-order chi connectivity index (χ0) is 26.5. The van der Waals surface area contributed by atoms with Gasteiger partial charge in [0.05, 0.1) is 14.2 Å². The highest BCUT2D eigenvalue weighted by Crippen LogP contribution is 2.38. The molecule has 0 unspecified atom stereocenters. The minimum absolute atomic E-state index is 0.322. The summed E-state index contributed by atoms with van der Waals surface area (Å²) in [5.41, 5.74) is 3.38. The first-order valence-electron chi connectivity index (χ1n) is 12.4. The first-order valence-corrected chi connectivity index (χ1v) is 13.2. The van der Waals surface area contributed by atoms with Crippen molar-refractivity contribution < 1.29 is 14.2 Å². The molecule has 0 aliphatic carbocycles. The fourth-order valence-electron chi connectivity index (χ4n) is 4.57. The van der Waals surface area contributed by atoms with Crippen LogP contribution in [0.5, 0.6) is 17.2 Å². The number of rotatable bonds is 5. The summed E-state index contributed by atoms with van der Waals surface area (Å²) in [5.74, 6) is 2.46. The van der Waals surface area contributed by atoms with Gasteiger partial charge in [-0.25, -0.2) is 0 Å². The number of benzene rings is 3. The van der Waals surface area contributed by atoms with Gasteiger partial charge in [-0.05, 0) is 85.1 Å². The molecule has 2 aliphatic rings. The molecule has 2 aliphatic heterocycles. The van der Waals surface area contributed by atoms with Gasteiger partial charge in [-0.3, -0.25) is 0 Å². The van der Waals surface area contributed by atoms with Crippen LogP contribution < -0.4 is 30.2 Å². The number of anilines is 3. The highest BCUT2D eigenvalue weighted by Gasteiger charge is 2.37. The second-order valence-electron chi connectivity index (χ2n) is 9.21. The lowest BCUT2D eigenvalue weighted by atomic mass is 9.88. The number of hydrogen-bond acceptors (Lipinski definition) is 5. The average Bonchev–Trinajstić information content (AvgIpc) is 2.94. The van der Waals surface area contributed by atoms with Gasteiger partial charge in [0.1, 0.15) is 22.8 Å². The Morgan fingerprint density at radius 3 is 2.21 bits per heavy atom. The summed E-state index contributed by atoms with van der Waals surface area (Å²) in [4.78, 5) is 2.20. The van der Waals surface area contributed by atoms with Crippen LogP contribution in [0.25, 0.3) is 6.08 Å². The molecule has 3 aromatic rings. The quantitative estimate of drug-likeness (QED) is 0.327. The minimum atomic E-state index is -0.322. The van der Waals surface area contributed by atoms with E-state index < -0.39 is 0 Å². The van der Waals surface area contributed by atoms with Gasteiger partial charge in [-0.15, -0.1) is 0 Å². The Morgan fingerprint density at radius 1 is 0.816 bits per heavy atom. The smallest absolute Gasteiger partial charge is 0.175 e. The number of thiocarbonyl (C=S) groups is 2. The van der Waals surface area contributed by atoms with Crippen molar-refractivity contribution in [3.05, 3.63) is 78.4 Å². The van der Waals surface area contributed by atoms with Crippen LogP contribution in [0.1, 0.15) is 18.4 Å². The van der Waals surface area contributed by atoms with Gasteiger partial charge in [-0.2, -0.15) is 0 Å². The number of nitrogens with one attached hydrogen (secondary N) is 3. The van der Waals surface area contributed by atoms with Crippen molar-refractivity contribution in [3.63, 3.8) is 0 Å². The van der Waals surface area contributed by atoms with Gasteiger partial charge in [0.15, 0.2) is 10.2 Å². The minimum Gasteiger partial charge on any atom is -0.497 e. The number of hydrogen-bond donors (Lipinski definition) is 3. The second-order valence-corrected chi connectivity index (χ2v) is 10.0. The highest BCUT2D eigenvalue weighted by atomic mass is 32.1. The number of methoxy groups -OCH3 is 2. The van der Waals surface area contributed by atoms with Crippen LogP contribution in [0, 0.1) is 0 Å². The largest absolute Gasteiger partial charge is 0.497 e. The lowest BCUT2D eigenvalue weighted by Gasteiger charge is -2.42. The van der Waals surface area contributed by atoms with Crippen LogP contribution in [0.4, 0.5) is 17.1 Å². The highest BCUT2D eigenvalue weighted by molar-refractivity contribution is 7.80. The summed E-state index contributed by atoms with van der Waals surface area (Å²) in [7, 11) is 3.30. The molecule has 0 bridgehead atoms. The number of nitrogens with zero attached hydrogens (tertiary/aromatic N) is 1. The molecule has 1 saturated heterocycles. The van der Waals surface area contributed by atoms with Crippen molar-refractivity contribution in [2.75, 3.05) is 43.3 Å². The van der Waals surface area contributed by atoms with Crippen LogP contribution in [-0.2, 0) is 0 Å². The van der Waals surface area contributed by atoms with E-state index in [0.29, 0.717) is 5.11 Å². The molecule has 1 fully saturated rings. The second kappa shape index (κ2) is 11.3. The topological polar surface area (TPSA) is 67.0 Å². The molecule has 0 amide bonds. The fraction of sp³-hybridized carbons (Fsp3) is 0.241. The summed E-state index contributed by atoms with van der Waals surface area (Å²) in [6.45, 7) is 1.62. The maximum absolute atomic E-state index is 6.53. The van der Waals surface area contributed by atoms with Crippen LogP contribution in [0.15, 0.2) is 72.8 Å². The molecule has 0 saturated carbocycles. The molecule has 196 valence electrons. The van der Waals surface area contributed by atoms with E-state index in [2.05, 4.69) is 33.0 Å². The maximum Gasteiger partial charge on any atom is 0.175 e. The van der Waals surface area contributed by atoms with E-state index in [-0.39, 0.29) is 5.60 Å². The molecule has 7 nitrogen and oxygen atoms in total. The molecule has 2 heterocycles. The predicted molar refractivity (Wildman–Crippen MR) is 162 cm³/mol. The predicted octanol–water partition coefficient (Wildman–Crippen LogP) is 6.15. The Morgan fingerprint density at radius 2 is 1.50 bits per heavy atom. The molecule has 1 spiro atoms. The van der Waals surface area contributed by atoms with Gasteiger partial charge >= 0.3 is 0 Å². The van der Waals surface area contributed by atoms with Crippen molar-refractivity contribution in [2.45, 2.75) is 18.4 Å². The van der Waals surface area contributed by atoms with Crippen molar-refractivity contribution in [1.29, 1.82) is 0 Å². The molecule has 5 rings (SSSR count). The Labute approximate surface area is 233 Å². The molecule has 3 N–H and O–H groups in total. The SMILES string of the molecule is COc1ccc(NC(=S)N2CCC3(C=Cc4cc(NC(=S)Nc5cccc(OC)c5)ccc4O3)CC2)cc1. The number of piperidine rings is 1. The van der Waals surface area contributed by atoms with Gasteiger partial charge in [0, 0.05) is 54.6 Å². The Balaban J connectivity index is 1.16. The zero-order valence-corrected chi connectivity index (χ0v) is 23.0. The van der Waals surface area contributed by atoms with E-state index in [1.807, 2.05) is 66.7 Å². The summed E-state index contributed by atoms with van der Waals surface area (Å²) in [5, 5.41) is 11.0. The number of likely N-dealkylation sites (tertiary alicyclic amines) is 1. The van der Waals surface area contributed by atoms with E-state index in [1.54, 1.807) is 14.2 Å². The summed E-state index contributed by atoms with van der Waals surface area (Å²) < 4.78 is 17.0. The summed E-state index contributed by atoms with van der Waals surface area (Å²) in [6, 6.07) is 21.4. The molecule has 9 heteroatoms. The van der Waals surface area contributed by atoms with Gasteiger partial charge in [0.2, 0.25) is 0 Å². The van der Waals surface area contributed by atoms with Crippen LogP contribution in [-0.4, -0.2) is 48.0 Å². The fourth-order valence-corrected chi connectivity index (χ4v) is 5.11. The average molecular weight is 547 g/mol. The third-order valence-electron chi connectivity index (χ3n) is 6.71. The molecule has 38 heavy (non-hydrogen) atoms. The lowest BCUT2D eigenvalue weighted by Crippen LogP contribution is -2.50. The van der Waals surface area contributed by atoms with Crippen molar-refractivity contribution in [1.82, 2.24) is 4.90 Å². The van der Waals surface area contributed by atoms with E-state index >= 15 is 0 Å². The van der Waals surface area contributed by atoms with E-state index in [1.165, 1.54) is 0 Å². The van der Waals surface area contributed by atoms with E-state index in [9.17, 15) is 0 Å². The molecular weight excluding hydrogens is 516 g/mol. The first-order chi connectivity index (χ1) is 18.4. The third-order valence-corrected chi connectivity index (χ3v) is 7.28. The van der Waals surface area contributed by atoms with Crippen molar-refractivity contribution in [3.8, 4) is 17.2 Å². The maximum atomic E-state index is 6.53. The first kappa shape index (κ1) is 25.8. The standard InChI is InChI=1S/C29H30N4O3S2/c1-34-24-9-6-21(7-10-24)32-28(38)33-16-14-29(15-17-33)13-12-20-18-23(8-11-26(20)36-29)31-27(37)30-22-4-3-5-25(19-22)35-2/h3-13,18-19H,14-17H2,1-2H3,(H,32,38)(H2,30,31,37). The molecular formula is C29H30N4O3S2. The van der Waals surface area contributed by atoms with Gasteiger partial charge < -0.3 is 35.1 Å². The molecule has 0 radical (unpaired) electrons. The van der Waals surface area contributed by atoms with Crippen LogP contribution in [0.3, 0.4) is 0 Å². The number of fused-ring (bicyclic) bond motifs is 1.